The number of nitrogens with zero attached hydrogens (tertiary/aromatic N) is 1. The minimum absolute atomic E-state index is 0.0256. The highest BCUT2D eigenvalue weighted by molar-refractivity contribution is 9.10. The number of nitrogens with one attached hydrogen (secondary N) is 1. The molecule has 1 fully saturated rings. The van der Waals surface area contributed by atoms with Gasteiger partial charge in [-0.15, -0.1) is 0 Å². The molecule has 4 nitrogen and oxygen atoms in total. The summed E-state index contributed by atoms with van der Waals surface area (Å²) in [7, 11) is 0. The predicted octanol–water partition coefficient (Wildman–Crippen LogP) is 4.70. The summed E-state index contributed by atoms with van der Waals surface area (Å²) in [5.74, 6) is -0.0316. The van der Waals surface area contributed by atoms with E-state index in [-0.39, 0.29) is 17.7 Å². The topological polar surface area (TPSA) is 49.4 Å². The van der Waals surface area contributed by atoms with Gasteiger partial charge in [-0.25, -0.2) is 0 Å². The van der Waals surface area contributed by atoms with Crippen molar-refractivity contribution < 1.29 is 9.59 Å². The fourth-order valence-corrected chi connectivity index (χ4v) is 4.57. The lowest BCUT2D eigenvalue weighted by Crippen LogP contribution is -2.45. The molecule has 1 N–H and O–H groups in total. The number of amides is 2. The Hall–Kier alpha value is -2.66. The molecule has 154 valence electrons. The molecule has 0 unspecified atom stereocenters. The number of hydrogen-bond donors (Lipinski definition) is 1. The normalized spacial score (nSPS) is 16.4. The zero-order chi connectivity index (χ0) is 20.9. The van der Waals surface area contributed by atoms with Crippen LogP contribution in [0, 0.1) is 5.92 Å². The molecule has 0 saturated carbocycles. The Morgan fingerprint density at radius 3 is 2.70 bits per heavy atom. The van der Waals surface area contributed by atoms with Gasteiger partial charge in [0.2, 0.25) is 11.8 Å². The molecule has 1 saturated heterocycles. The molecule has 0 radical (unpaired) electrons. The quantitative estimate of drug-likeness (QED) is 0.594. The summed E-state index contributed by atoms with van der Waals surface area (Å²) in [4.78, 5) is 27.5. The summed E-state index contributed by atoms with van der Waals surface area (Å²) < 4.78 is 0.997. The van der Waals surface area contributed by atoms with Crippen LogP contribution in [0.1, 0.15) is 24.0 Å². The van der Waals surface area contributed by atoms with Crippen LogP contribution in [-0.2, 0) is 22.6 Å². The van der Waals surface area contributed by atoms with E-state index in [2.05, 4.69) is 39.4 Å². The van der Waals surface area contributed by atoms with Gasteiger partial charge < -0.3 is 10.2 Å². The Balaban J connectivity index is 1.37. The maximum absolute atomic E-state index is 13.0. The Bertz CT molecular complexity index is 1060. The lowest BCUT2D eigenvalue weighted by atomic mass is 9.95. The van der Waals surface area contributed by atoms with Crippen molar-refractivity contribution in [3.05, 3.63) is 82.3 Å². The lowest BCUT2D eigenvalue weighted by Gasteiger charge is -2.32. The Morgan fingerprint density at radius 1 is 1.03 bits per heavy atom. The second-order valence-corrected chi connectivity index (χ2v) is 8.76. The van der Waals surface area contributed by atoms with Gasteiger partial charge in [0.1, 0.15) is 0 Å². The molecule has 2 amide bonds. The van der Waals surface area contributed by atoms with Gasteiger partial charge in [-0.3, -0.25) is 9.59 Å². The van der Waals surface area contributed by atoms with Crippen molar-refractivity contribution in [2.45, 2.75) is 25.8 Å². The molecule has 3 aromatic carbocycles. The first-order chi connectivity index (χ1) is 14.6. The molecule has 0 spiro atoms. The predicted molar refractivity (Wildman–Crippen MR) is 123 cm³/mol. The molecule has 0 aliphatic carbocycles. The zero-order valence-electron chi connectivity index (χ0n) is 16.8. The van der Waals surface area contributed by atoms with Gasteiger partial charge in [0.25, 0.3) is 0 Å². The average molecular weight is 465 g/mol. The summed E-state index contributed by atoms with van der Waals surface area (Å²) in [6, 6.07) is 22.1. The second-order valence-electron chi connectivity index (χ2n) is 7.84. The van der Waals surface area contributed by atoms with Crippen LogP contribution in [0.15, 0.2) is 71.2 Å². The average Bonchev–Trinajstić information content (AvgIpc) is 2.78. The van der Waals surface area contributed by atoms with E-state index in [1.165, 1.54) is 0 Å². The van der Waals surface area contributed by atoms with Crippen LogP contribution in [0.25, 0.3) is 10.8 Å². The fourth-order valence-electron chi connectivity index (χ4n) is 4.12. The number of carbonyl (C=O) groups excluding carboxylic acids is 2. The van der Waals surface area contributed by atoms with Crippen LogP contribution in [0.4, 0.5) is 0 Å². The number of carbonyl (C=O) groups is 2. The van der Waals surface area contributed by atoms with Crippen molar-refractivity contribution in [3.8, 4) is 0 Å². The van der Waals surface area contributed by atoms with Crippen LogP contribution >= 0.6 is 15.9 Å². The third kappa shape index (κ3) is 4.90. The number of halogens is 1. The van der Waals surface area contributed by atoms with E-state index in [0.717, 1.165) is 45.8 Å². The molecular weight excluding hydrogens is 440 g/mol. The van der Waals surface area contributed by atoms with E-state index < -0.39 is 0 Å². The van der Waals surface area contributed by atoms with E-state index in [1.807, 2.05) is 53.4 Å². The van der Waals surface area contributed by atoms with E-state index in [0.29, 0.717) is 19.5 Å². The Morgan fingerprint density at radius 2 is 1.83 bits per heavy atom. The van der Waals surface area contributed by atoms with Crippen molar-refractivity contribution in [3.63, 3.8) is 0 Å². The summed E-state index contributed by atoms with van der Waals surface area (Å²) in [5.41, 5.74) is 2.09. The number of fused-ring (bicyclic) bond motifs is 1. The Labute approximate surface area is 185 Å². The standard InChI is InChI=1S/C25H25BrN2O2/c26-22-11-3-6-18(14-22)16-27-25(30)21-10-5-13-28(17-21)24(29)15-20-9-4-8-19-7-1-2-12-23(19)20/h1-4,6-9,11-12,14,21H,5,10,13,15-17H2,(H,27,30)/t21-/m1/s1. The molecule has 1 aliphatic rings. The monoisotopic (exact) mass is 464 g/mol. The highest BCUT2D eigenvalue weighted by Crippen LogP contribution is 2.22. The van der Waals surface area contributed by atoms with Crippen molar-refractivity contribution in [2.75, 3.05) is 13.1 Å². The summed E-state index contributed by atoms with van der Waals surface area (Å²) in [6.45, 7) is 1.71. The maximum atomic E-state index is 13.0. The summed E-state index contributed by atoms with van der Waals surface area (Å²) in [6.07, 6.45) is 2.05. The SMILES string of the molecule is O=C(NCc1cccc(Br)c1)[C@@H]1CCCN(C(=O)Cc2cccc3ccccc23)C1. The van der Waals surface area contributed by atoms with Crippen LogP contribution in [0.5, 0.6) is 0 Å². The molecular formula is C25H25BrN2O2. The first kappa shape index (κ1) is 20.6. The molecule has 30 heavy (non-hydrogen) atoms. The molecule has 1 atom stereocenters. The van der Waals surface area contributed by atoms with Crippen LogP contribution in [0.3, 0.4) is 0 Å². The number of rotatable bonds is 5. The largest absolute Gasteiger partial charge is 0.352 e. The number of likely N-dealkylation sites (tertiary alicyclic amines) is 1. The van der Waals surface area contributed by atoms with Gasteiger partial charge in [-0.05, 0) is 46.9 Å². The van der Waals surface area contributed by atoms with E-state index in [4.69, 9.17) is 0 Å². The third-order valence-corrected chi connectivity index (χ3v) is 6.22. The first-order valence-corrected chi connectivity index (χ1v) is 11.2. The lowest BCUT2D eigenvalue weighted by molar-refractivity contribution is -0.135. The van der Waals surface area contributed by atoms with Crippen molar-refractivity contribution in [2.24, 2.45) is 5.92 Å². The molecule has 1 aliphatic heterocycles. The number of piperidine rings is 1. The van der Waals surface area contributed by atoms with Crippen molar-refractivity contribution in [1.82, 2.24) is 10.2 Å². The number of hydrogen-bond acceptors (Lipinski definition) is 2. The van der Waals surface area contributed by atoms with E-state index >= 15 is 0 Å². The van der Waals surface area contributed by atoms with Crippen molar-refractivity contribution >= 4 is 38.5 Å². The zero-order valence-corrected chi connectivity index (χ0v) is 18.4. The van der Waals surface area contributed by atoms with Gasteiger partial charge in [-0.1, -0.05) is 70.5 Å². The molecule has 4 rings (SSSR count). The Kier molecular flexibility index (Phi) is 6.48. The van der Waals surface area contributed by atoms with Gasteiger partial charge in [0.05, 0.1) is 12.3 Å². The molecule has 0 aromatic heterocycles. The van der Waals surface area contributed by atoms with Gasteiger partial charge in [0, 0.05) is 24.1 Å². The molecule has 1 heterocycles. The minimum atomic E-state index is -0.151. The highest BCUT2D eigenvalue weighted by atomic mass is 79.9. The third-order valence-electron chi connectivity index (χ3n) is 5.72. The fraction of sp³-hybridized carbons (Fsp3) is 0.280. The van der Waals surface area contributed by atoms with Crippen LogP contribution < -0.4 is 5.32 Å². The smallest absolute Gasteiger partial charge is 0.227 e. The highest BCUT2D eigenvalue weighted by Gasteiger charge is 2.28. The van der Waals surface area contributed by atoms with Gasteiger partial charge in [0.15, 0.2) is 0 Å². The van der Waals surface area contributed by atoms with Gasteiger partial charge in [-0.2, -0.15) is 0 Å². The summed E-state index contributed by atoms with van der Waals surface area (Å²) >= 11 is 3.45. The van der Waals surface area contributed by atoms with Crippen LogP contribution in [0.2, 0.25) is 0 Å². The maximum Gasteiger partial charge on any atom is 0.227 e. The molecule has 3 aromatic rings. The van der Waals surface area contributed by atoms with Crippen LogP contribution in [-0.4, -0.2) is 29.8 Å². The van der Waals surface area contributed by atoms with E-state index in [1.54, 1.807) is 0 Å². The van der Waals surface area contributed by atoms with E-state index in [9.17, 15) is 9.59 Å². The molecule has 5 heteroatoms. The van der Waals surface area contributed by atoms with Gasteiger partial charge >= 0.3 is 0 Å². The number of benzene rings is 3. The second kappa shape index (κ2) is 9.43. The molecule has 0 bridgehead atoms. The van der Waals surface area contributed by atoms with Crippen molar-refractivity contribution in [1.29, 1.82) is 0 Å². The summed E-state index contributed by atoms with van der Waals surface area (Å²) in [5, 5.41) is 5.30. The minimum Gasteiger partial charge on any atom is -0.352 e. The first-order valence-electron chi connectivity index (χ1n) is 10.4.